The van der Waals surface area contributed by atoms with E-state index in [0.717, 1.165) is 23.7 Å². The van der Waals surface area contributed by atoms with E-state index in [1.54, 1.807) is 11.1 Å². The number of fused-ring (bicyclic) bond motifs is 5. The Balaban J connectivity index is 1.73. The number of allylic oxidation sites excluding steroid dienone is 5. The molecule has 4 aliphatic carbocycles. The molecule has 0 saturated heterocycles. The summed E-state index contributed by atoms with van der Waals surface area (Å²) in [6, 6.07) is 0. The van der Waals surface area contributed by atoms with Crippen molar-refractivity contribution in [3.63, 3.8) is 0 Å². The molecule has 20 heavy (non-hydrogen) atoms. The van der Waals surface area contributed by atoms with E-state index in [0.29, 0.717) is 5.41 Å². The first-order valence-electron chi connectivity index (χ1n) is 8.79. The Morgan fingerprint density at radius 3 is 3.10 bits per heavy atom. The summed E-state index contributed by atoms with van der Waals surface area (Å²) >= 11 is 0. The molecule has 0 amide bonds. The molecule has 0 spiro atoms. The monoisotopic (exact) mass is 268 g/mol. The molecule has 0 heteroatoms. The average molecular weight is 268 g/mol. The highest BCUT2D eigenvalue weighted by atomic mass is 14.6. The van der Waals surface area contributed by atoms with Crippen molar-refractivity contribution in [2.24, 2.45) is 29.1 Å². The fraction of sp³-hybridized carbons (Fsp3) is 0.700. The molecular weight excluding hydrogens is 240 g/mol. The zero-order valence-corrected chi connectivity index (χ0v) is 12.9. The molecule has 0 bridgehead atoms. The van der Waals surface area contributed by atoms with E-state index in [2.05, 4.69) is 31.7 Å². The molecule has 4 aliphatic rings. The van der Waals surface area contributed by atoms with Crippen molar-refractivity contribution < 1.29 is 0 Å². The van der Waals surface area contributed by atoms with Gasteiger partial charge in [0.25, 0.3) is 0 Å². The standard InChI is InChI=1S/C20H28/c1-3-20-12-6-9-18(20)17-11-10-15-7-4-5-8-16(15)19(17)14(2)13-20/h4,7,10,16-19H,2-3,5-6,8-9,11-13H2,1H3/t16-,17-,18-,19+,20-/m0/s1. The van der Waals surface area contributed by atoms with Gasteiger partial charge in [0.1, 0.15) is 0 Å². The van der Waals surface area contributed by atoms with Crippen molar-refractivity contribution in [3.05, 3.63) is 36.0 Å². The molecule has 4 rings (SSSR count). The summed E-state index contributed by atoms with van der Waals surface area (Å²) in [4.78, 5) is 0. The van der Waals surface area contributed by atoms with Gasteiger partial charge >= 0.3 is 0 Å². The van der Waals surface area contributed by atoms with Crippen molar-refractivity contribution in [3.8, 4) is 0 Å². The third-order valence-corrected chi connectivity index (χ3v) is 7.15. The van der Waals surface area contributed by atoms with E-state index in [9.17, 15) is 0 Å². The molecule has 0 N–H and O–H groups in total. The molecule has 108 valence electrons. The van der Waals surface area contributed by atoms with Crippen LogP contribution in [0.4, 0.5) is 0 Å². The molecule has 0 aromatic carbocycles. The molecule has 2 fully saturated rings. The first-order chi connectivity index (χ1) is 9.75. The zero-order valence-electron chi connectivity index (χ0n) is 12.9. The molecule has 5 atom stereocenters. The van der Waals surface area contributed by atoms with Gasteiger partial charge in [-0.05, 0) is 79.6 Å². The van der Waals surface area contributed by atoms with Crippen LogP contribution in [0.3, 0.4) is 0 Å². The summed E-state index contributed by atoms with van der Waals surface area (Å²) < 4.78 is 0. The lowest BCUT2D eigenvalue weighted by Gasteiger charge is -2.53. The van der Waals surface area contributed by atoms with E-state index in [1.807, 2.05) is 0 Å². The van der Waals surface area contributed by atoms with Gasteiger partial charge in [-0.1, -0.05) is 43.7 Å². The van der Waals surface area contributed by atoms with E-state index in [-0.39, 0.29) is 0 Å². The number of hydrogen-bond donors (Lipinski definition) is 0. The Morgan fingerprint density at radius 2 is 2.25 bits per heavy atom. The highest BCUT2D eigenvalue weighted by Gasteiger charge is 2.53. The molecule has 0 aromatic rings. The first kappa shape index (κ1) is 12.9. The predicted octanol–water partition coefficient (Wildman–Crippen LogP) is 5.67. The molecule has 0 aliphatic heterocycles. The summed E-state index contributed by atoms with van der Waals surface area (Å²) in [6.45, 7) is 7.02. The zero-order chi connectivity index (χ0) is 13.7. The van der Waals surface area contributed by atoms with E-state index in [4.69, 9.17) is 0 Å². The number of rotatable bonds is 1. The Hall–Kier alpha value is -0.780. The third-order valence-electron chi connectivity index (χ3n) is 7.15. The van der Waals surface area contributed by atoms with Crippen molar-refractivity contribution in [2.75, 3.05) is 0 Å². The lowest BCUT2D eigenvalue weighted by molar-refractivity contribution is 0.0393. The van der Waals surface area contributed by atoms with Gasteiger partial charge in [-0.25, -0.2) is 0 Å². The molecule has 0 unspecified atom stereocenters. The lowest BCUT2D eigenvalue weighted by Crippen LogP contribution is -2.45. The summed E-state index contributed by atoms with van der Waals surface area (Å²) in [5, 5.41) is 0. The Morgan fingerprint density at radius 1 is 1.35 bits per heavy atom. The molecule has 0 heterocycles. The number of hydrogen-bond acceptors (Lipinski definition) is 0. The minimum atomic E-state index is 0.633. The highest BCUT2D eigenvalue weighted by Crippen LogP contribution is 2.63. The van der Waals surface area contributed by atoms with Crippen LogP contribution >= 0.6 is 0 Å². The SMILES string of the molecule is C=C1C[C@]2(CC)CCC[C@H]2[C@@H]2CC=C3C=CCC[C@@H]3[C@@H]12. The van der Waals surface area contributed by atoms with Crippen LogP contribution < -0.4 is 0 Å². The van der Waals surface area contributed by atoms with Crippen LogP contribution in [-0.2, 0) is 0 Å². The summed E-state index contributed by atoms with van der Waals surface area (Å²) in [5.74, 6) is 3.52. The van der Waals surface area contributed by atoms with Gasteiger partial charge in [0.2, 0.25) is 0 Å². The Labute approximate surface area is 124 Å². The maximum atomic E-state index is 4.59. The normalized spacial score (nSPS) is 46.5. The maximum Gasteiger partial charge on any atom is -0.00939 e. The highest BCUT2D eigenvalue weighted by molar-refractivity contribution is 5.33. The average Bonchev–Trinajstić information content (AvgIpc) is 2.91. The van der Waals surface area contributed by atoms with E-state index < -0.39 is 0 Å². The fourth-order valence-corrected chi connectivity index (χ4v) is 6.30. The van der Waals surface area contributed by atoms with Gasteiger partial charge < -0.3 is 0 Å². The van der Waals surface area contributed by atoms with Crippen molar-refractivity contribution in [1.82, 2.24) is 0 Å². The topological polar surface area (TPSA) is 0 Å². The van der Waals surface area contributed by atoms with Gasteiger partial charge in [0.05, 0.1) is 0 Å². The second-order valence-electron chi connectivity index (χ2n) is 7.77. The van der Waals surface area contributed by atoms with Gasteiger partial charge in [0.15, 0.2) is 0 Å². The largest absolute Gasteiger partial charge is 0.0995 e. The maximum absolute atomic E-state index is 4.59. The Bertz CT molecular complexity index is 480. The summed E-state index contributed by atoms with van der Waals surface area (Å²) in [5.41, 5.74) is 3.88. The predicted molar refractivity (Wildman–Crippen MR) is 85.4 cm³/mol. The second-order valence-corrected chi connectivity index (χ2v) is 7.77. The molecule has 0 aromatic heterocycles. The van der Waals surface area contributed by atoms with Crippen molar-refractivity contribution in [1.29, 1.82) is 0 Å². The van der Waals surface area contributed by atoms with Crippen molar-refractivity contribution in [2.45, 2.75) is 58.3 Å². The van der Waals surface area contributed by atoms with E-state index >= 15 is 0 Å². The minimum absolute atomic E-state index is 0.633. The van der Waals surface area contributed by atoms with Crippen LogP contribution in [0.1, 0.15) is 58.3 Å². The van der Waals surface area contributed by atoms with Crippen LogP contribution in [0.5, 0.6) is 0 Å². The third kappa shape index (κ3) is 1.66. The second kappa shape index (κ2) is 4.61. The van der Waals surface area contributed by atoms with Crippen LogP contribution in [-0.4, -0.2) is 0 Å². The Kier molecular flexibility index (Phi) is 2.98. The molecule has 0 radical (unpaired) electrons. The minimum Gasteiger partial charge on any atom is -0.0995 e. The quantitative estimate of drug-likeness (QED) is 0.537. The van der Waals surface area contributed by atoms with Gasteiger partial charge in [-0.3, -0.25) is 0 Å². The van der Waals surface area contributed by atoms with Crippen molar-refractivity contribution >= 4 is 0 Å². The molecular formula is C20H28. The first-order valence-corrected chi connectivity index (χ1v) is 8.79. The van der Waals surface area contributed by atoms with Crippen LogP contribution in [0, 0.1) is 29.1 Å². The van der Waals surface area contributed by atoms with E-state index in [1.165, 1.54) is 51.4 Å². The van der Waals surface area contributed by atoms with Crippen LogP contribution in [0.25, 0.3) is 0 Å². The van der Waals surface area contributed by atoms with Gasteiger partial charge in [0, 0.05) is 0 Å². The lowest BCUT2D eigenvalue weighted by atomic mass is 9.51. The van der Waals surface area contributed by atoms with Gasteiger partial charge in [-0.15, -0.1) is 0 Å². The fourth-order valence-electron chi connectivity index (χ4n) is 6.30. The summed E-state index contributed by atoms with van der Waals surface area (Å²) in [6.07, 6.45) is 18.5. The summed E-state index contributed by atoms with van der Waals surface area (Å²) in [7, 11) is 0. The molecule has 0 nitrogen and oxygen atoms in total. The smallest absolute Gasteiger partial charge is 0.00939 e. The molecule has 2 saturated carbocycles. The van der Waals surface area contributed by atoms with Crippen LogP contribution in [0.15, 0.2) is 36.0 Å². The van der Waals surface area contributed by atoms with Crippen LogP contribution in [0.2, 0.25) is 0 Å². The van der Waals surface area contributed by atoms with Gasteiger partial charge in [-0.2, -0.15) is 0 Å².